The predicted octanol–water partition coefficient (Wildman–Crippen LogP) is 2.87. The van der Waals surface area contributed by atoms with Gasteiger partial charge >= 0.3 is 6.16 Å². The van der Waals surface area contributed by atoms with Crippen LogP contribution in [-0.4, -0.2) is 42.9 Å². The highest BCUT2D eigenvalue weighted by molar-refractivity contribution is 5.63. The summed E-state index contributed by atoms with van der Waals surface area (Å²) in [6, 6.07) is 16.7. The lowest BCUT2D eigenvalue weighted by atomic mass is 10.1. The van der Waals surface area contributed by atoms with E-state index in [1.807, 2.05) is 61.5 Å². The van der Waals surface area contributed by atoms with Crippen molar-refractivity contribution in [3.8, 4) is 5.75 Å². The van der Waals surface area contributed by atoms with Crippen molar-refractivity contribution in [2.45, 2.75) is 19.1 Å². The van der Waals surface area contributed by atoms with Crippen LogP contribution < -0.4 is 4.74 Å². The Kier molecular flexibility index (Phi) is 6.78. The van der Waals surface area contributed by atoms with Crippen LogP contribution in [0, 0.1) is 0 Å². The number of carbonyl (C=O) groups excluding carboxylic acids is 1. The number of hydrogen-bond donors (Lipinski definition) is 1. The van der Waals surface area contributed by atoms with Crippen molar-refractivity contribution in [1.29, 1.82) is 0 Å². The van der Waals surface area contributed by atoms with Crippen LogP contribution in [0.2, 0.25) is 0 Å². The molecule has 0 saturated carbocycles. The lowest BCUT2D eigenvalue weighted by Gasteiger charge is -2.22. The van der Waals surface area contributed by atoms with Crippen molar-refractivity contribution in [3.05, 3.63) is 65.7 Å². The second kappa shape index (κ2) is 9.05. The highest BCUT2D eigenvalue weighted by atomic mass is 16.7. The first-order valence-corrected chi connectivity index (χ1v) is 7.83. The number of aliphatic hydroxyl groups is 1. The monoisotopic (exact) mass is 329 g/mol. The Hall–Kier alpha value is -2.37. The van der Waals surface area contributed by atoms with E-state index in [0.717, 1.165) is 17.5 Å². The summed E-state index contributed by atoms with van der Waals surface area (Å²) in [5, 5.41) is 9.36. The number of likely N-dealkylation sites (N-methyl/N-ethyl adjacent to an activating group) is 1. The van der Waals surface area contributed by atoms with Gasteiger partial charge in [-0.1, -0.05) is 42.5 Å². The molecule has 0 aliphatic rings. The molecule has 1 atom stereocenters. The van der Waals surface area contributed by atoms with Crippen molar-refractivity contribution in [3.63, 3.8) is 0 Å². The third kappa shape index (κ3) is 5.68. The SMILES string of the molecule is CN(C)[C@H](CO)Cc1ccc(OC(=O)OCc2ccccc2)cc1. The van der Waals surface area contributed by atoms with Gasteiger partial charge in [0, 0.05) is 6.04 Å². The summed E-state index contributed by atoms with van der Waals surface area (Å²) in [4.78, 5) is 13.7. The third-order valence-electron chi connectivity index (χ3n) is 3.74. The summed E-state index contributed by atoms with van der Waals surface area (Å²) in [6.45, 7) is 0.274. The molecule has 0 fully saturated rings. The molecular weight excluding hydrogens is 306 g/mol. The zero-order valence-corrected chi connectivity index (χ0v) is 14.0. The molecule has 0 radical (unpaired) electrons. The molecule has 1 N–H and O–H groups in total. The number of ether oxygens (including phenoxy) is 2. The van der Waals surface area contributed by atoms with Gasteiger partial charge in [0.2, 0.25) is 0 Å². The topological polar surface area (TPSA) is 59.0 Å². The Bertz CT molecular complexity index is 626. The number of hydrogen-bond acceptors (Lipinski definition) is 5. The van der Waals surface area contributed by atoms with Gasteiger partial charge in [-0.3, -0.25) is 0 Å². The third-order valence-corrected chi connectivity index (χ3v) is 3.74. The molecule has 2 aromatic carbocycles. The van der Waals surface area contributed by atoms with Crippen LogP contribution >= 0.6 is 0 Å². The molecule has 2 rings (SSSR count). The molecule has 0 saturated heterocycles. The predicted molar refractivity (Wildman–Crippen MR) is 92.0 cm³/mol. The Morgan fingerprint density at radius 2 is 1.71 bits per heavy atom. The molecule has 2 aromatic rings. The van der Waals surface area contributed by atoms with Crippen LogP contribution in [-0.2, 0) is 17.8 Å². The van der Waals surface area contributed by atoms with Crippen LogP contribution in [0.1, 0.15) is 11.1 Å². The molecule has 0 bridgehead atoms. The largest absolute Gasteiger partial charge is 0.514 e. The fourth-order valence-electron chi connectivity index (χ4n) is 2.22. The maximum Gasteiger partial charge on any atom is 0.514 e. The molecule has 0 spiro atoms. The minimum absolute atomic E-state index is 0.0626. The van der Waals surface area contributed by atoms with E-state index >= 15 is 0 Å². The van der Waals surface area contributed by atoms with E-state index < -0.39 is 6.16 Å². The van der Waals surface area contributed by atoms with E-state index in [2.05, 4.69) is 0 Å². The minimum atomic E-state index is -0.729. The van der Waals surface area contributed by atoms with Crippen molar-refractivity contribution in [1.82, 2.24) is 4.90 Å². The van der Waals surface area contributed by atoms with Crippen LogP contribution in [0.25, 0.3) is 0 Å². The van der Waals surface area contributed by atoms with Gasteiger partial charge in [-0.25, -0.2) is 4.79 Å². The molecule has 0 aromatic heterocycles. The van der Waals surface area contributed by atoms with Gasteiger partial charge in [-0.15, -0.1) is 0 Å². The zero-order valence-electron chi connectivity index (χ0n) is 14.0. The van der Waals surface area contributed by atoms with E-state index in [4.69, 9.17) is 9.47 Å². The maximum atomic E-state index is 11.7. The number of aliphatic hydroxyl groups excluding tert-OH is 1. The van der Waals surface area contributed by atoms with Crippen molar-refractivity contribution < 1.29 is 19.4 Å². The van der Waals surface area contributed by atoms with E-state index in [1.54, 1.807) is 12.1 Å². The first-order chi connectivity index (χ1) is 11.6. The minimum Gasteiger partial charge on any atom is -0.429 e. The molecule has 24 heavy (non-hydrogen) atoms. The Balaban J connectivity index is 1.83. The average Bonchev–Trinajstić information content (AvgIpc) is 2.60. The number of benzene rings is 2. The van der Waals surface area contributed by atoms with E-state index in [1.165, 1.54) is 0 Å². The number of nitrogens with zero attached hydrogens (tertiary/aromatic N) is 1. The molecule has 0 heterocycles. The van der Waals surface area contributed by atoms with E-state index in [-0.39, 0.29) is 19.3 Å². The molecule has 0 unspecified atom stereocenters. The van der Waals surface area contributed by atoms with Crippen LogP contribution in [0.15, 0.2) is 54.6 Å². The standard InChI is InChI=1S/C19H23NO4/c1-20(2)17(13-21)12-15-8-10-18(11-9-15)24-19(22)23-14-16-6-4-3-5-7-16/h3-11,17,21H,12-14H2,1-2H3/t17-/m0/s1. The van der Waals surface area contributed by atoms with Gasteiger partial charge in [-0.05, 0) is 43.8 Å². The molecule has 5 heteroatoms. The summed E-state index contributed by atoms with van der Waals surface area (Å²) >= 11 is 0. The Morgan fingerprint density at radius 1 is 1.04 bits per heavy atom. The highest BCUT2D eigenvalue weighted by Gasteiger charge is 2.11. The first-order valence-electron chi connectivity index (χ1n) is 7.83. The highest BCUT2D eigenvalue weighted by Crippen LogP contribution is 2.15. The summed E-state index contributed by atoms with van der Waals surface area (Å²) in [6.07, 6.45) is -0.00415. The summed E-state index contributed by atoms with van der Waals surface area (Å²) in [7, 11) is 3.86. The van der Waals surface area contributed by atoms with Crippen LogP contribution in [0.5, 0.6) is 5.75 Å². The fraction of sp³-hybridized carbons (Fsp3) is 0.316. The normalized spacial score (nSPS) is 12.0. The molecule has 128 valence electrons. The molecule has 5 nitrogen and oxygen atoms in total. The molecule has 0 aliphatic carbocycles. The molecule has 0 aliphatic heterocycles. The van der Waals surface area contributed by atoms with E-state index in [9.17, 15) is 9.90 Å². The van der Waals surface area contributed by atoms with Gasteiger partial charge in [-0.2, -0.15) is 0 Å². The molecule has 0 amide bonds. The van der Waals surface area contributed by atoms with Gasteiger partial charge in [0.15, 0.2) is 0 Å². The molecular formula is C19H23NO4. The van der Waals surface area contributed by atoms with Crippen molar-refractivity contribution in [2.24, 2.45) is 0 Å². The Morgan fingerprint density at radius 3 is 2.29 bits per heavy atom. The average molecular weight is 329 g/mol. The summed E-state index contributed by atoms with van der Waals surface area (Å²) in [5.74, 6) is 0.433. The second-order valence-electron chi connectivity index (χ2n) is 5.77. The van der Waals surface area contributed by atoms with Crippen LogP contribution in [0.4, 0.5) is 4.79 Å². The summed E-state index contributed by atoms with van der Waals surface area (Å²) < 4.78 is 10.2. The van der Waals surface area contributed by atoms with E-state index in [0.29, 0.717) is 5.75 Å². The first kappa shape index (κ1) is 18.0. The smallest absolute Gasteiger partial charge is 0.429 e. The summed E-state index contributed by atoms with van der Waals surface area (Å²) in [5.41, 5.74) is 1.97. The second-order valence-corrected chi connectivity index (χ2v) is 5.77. The van der Waals surface area contributed by atoms with Gasteiger partial charge in [0.25, 0.3) is 0 Å². The number of rotatable bonds is 7. The van der Waals surface area contributed by atoms with Gasteiger partial charge in [0.1, 0.15) is 12.4 Å². The van der Waals surface area contributed by atoms with Crippen molar-refractivity contribution in [2.75, 3.05) is 20.7 Å². The maximum absolute atomic E-state index is 11.7. The van der Waals surface area contributed by atoms with Crippen molar-refractivity contribution >= 4 is 6.16 Å². The lowest BCUT2D eigenvalue weighted by Crippen LogP contribution is -2.33. The zero-order chi connectivity index (χ0) is 17.4. The van der Waals surface area contributed by atoms with Gasteiger partial charge in [0.05, 0.1) is 6.61 Å². The van der Waals surface area contributed by atoms with Gasteiger partial charge < -0.3 is 19.5 Å². The quantitative estimate of drug-likeness (QED) is 0.625. The lowest BCUT2D eigenvalue weighted by molar-refractivity contribution is 0.0927. The Labute approximate surface area is 142 Å². The fourth-order valence-corrected chi connectivity index (χ4v) is 2.22. The van der Waals surface area contributed by atoms with Crippen LogP contribution in [0.3, 0.4) is 0 Å². The number of carbonyl (C=O) groups is 1.